The second-order valence-electron chi connectivity index (χ2n) is 5.52. The average molecular weight is 313 g/mol. The first-order valence-electron chi connectivity index (χ1n) is 7.68. The minimum absolute atomic E-state index is 0.0902. The molecular formula is C17H23N5O. The summed E-state index contributed by atoms with van der Waals surface area (Å²) >= 11 is 0. The summed E-state index contributed by atoms with van der Waals surface area (Å²) < 4.78 is 0. The van der Waals surface area contributed by atoms with Crippen LogP contribution in [0.1, 0.15) is 22.5 Å². The number of carbonyl (C=O) groups excluding carboxylic acids is 1. The SMILES string of the molecule is CN(C)CCCNC(=O)c1ccc(NCc2ccccn2)nc1. The number of nitrogens with zero attached hydrogens (tertiary/aromatic N) is 3. The lowest BCUT2D eigenvalue weighted by molar-refractivity contribution is 0.0952. The third-order valence-corrected chi connectivity index (χ3v) is 3.27. The quantitative estimate of drug-likeness (QED) is 0.727. The van der Waals surface area contributed by atoms with Gasteiger partial charge in [-0.25, -0.2) is 4.98 Å². The van der Waals surface area contributed by atoms with Gasteiger partial charge in [0.05, 0.1) is 17.8 Å². The summed E-state index contributed by atoms with van der Waals surface area (Å²) in [6, 6.07) is 9.35. The molecule has 23 heavy (non-hydrogen) atoms. The first-order valence-corrected chi connectivity index (χ1v) is 7.68. The van der Waals surface area contributed by atoms with Crippen LogP contribution in [0, 0.1) is 0 Å². The van der Waals surface area contributed by atoms with Crippen molar-refractivity contribution in [2.24, 2.45) is 0 Å². The first-order chi connectivity index (χ1) is 11.1. The maximum Gasteiger partial charge on any atom is 0.252 e. The highest BCUT2D eigenvalue weighted by Crippen LogP contribution is 2.06. The molecular weight excluding hydrogens is 290 g/mol. The van der Waals surface area contributed by atoms with Crippen molar-refractivity contribution in [1.82, 2.24) is 20.2 Å². The lowest BCUT2D eigenvalue weighted by atomic mass is 10.2. The molecule has 0 aliphatic rings. The highest BCUT2D eigenvalue weighted by molar-refractivity contribution is 5.94. The Morgan fingerprint density at radius 2 is 2.04 bits per heavy atom. The van der Waals surface area contributed by atoms with Crippen molar-refractivity contribution in [2.45, 2.75) is 13.0 Å². The summed E-state index contributed by atoms with van der Waals surface area (Å²) in [7, 11) is 4.03. The topological polar surface area (TPSA) is 70.2 Å². The minimum Gasteiger partial charge on any atom is -0.364 e. The molecule has 2 rings (SSSR count). The van der Waals surface area contributed by atoms with Gasteiger partial charge in [-0.05, 0) is 51.3 Å². The van der Waals surface area contributed by atoms with Gasteiger partial charge in [0.15, 0.2) is 0 Å². The van der Waals surface area contributed by atoms with E-state index in [2.05, 4.69) is 25.5 Å². The molecule has 0 atom stereocenters. The third kappa shape index (κ3) is 6.04. The van der Waals surface area contributed by atoms with Gasteiger partial charge in [-0.2, -0.15) is 0 Å². The molecule has 2 N–H and O–H groups in total. The van der Waals surface area contributed by atoms with Crippen LogP contribution in [0.5, 0.6) is 0 Å². The Hall–Kier alpha value is -2.47. The van der Waals surface area contributed by atoms with Gasteiger partial charge in [-0.15, -0.1) is 0 Å². The molecule has 0 aromatic carbocycles. The lowest BCUT2D eigenvalue weighted by Gasteiger charge is -2.10. The zero-order chi connectivity index (χ0) is 16.5. The highest BCUT2D eigenvalue weighted by Gasteiger charge is 2.05. The molecule has 0 aliphatic heterocycles. The van der Waals surface area contributed by atoms with Gasteiger partial charge in [0.1, 0.15) is 5.82 Å². The smallest absolute Gasteiger partial charge is 0.252 e. The molecule has 0 aliphatic carbocycles. The fourth-order valence-corrected chi connectivity index (χ4v) is 2.02. The van der Waals surface area contributed by atoms with Crippen molar-refractivity contribution in [1.29, 1.82) is 0 Å². The molecule has 0 bridgehead atoms. The molecule has 0 fully saturated rings. The average Bonchev–Trinajstić information content (AvgIpc) is 2.58. The second-order valence-corrected chi connectivity index (χ2v) is 5.52. The summed E-state index contributed by atoms with van der Waals surface area (Å²) in [5.74, 6) is 0.632. The minimum atomic E-state index is -0.0902. The number of nitrogens with one attached hydrogen (secondary N) is 2. The number of hydrogen-bond donors (Lipinski definition) is 2. The molecule has 2 aromatic rings. The van der Waals surface area contributed by atoms with E-state index in [4.69, 9.17) is 0 Å². The van der Waals surface area contributed by atoms with E-state index in [1.807, 2.05) is 32.3 Å². The Morgan fingerprint density at radius 1 is 1.17 bits per heavy atom. The summed E-state index contributed by atoms with van der Waals surface area (Å²) in [4.78, 5) is 22.6. The van der Waals surface area contributed by atoms with Gasteiger partial charge in [0.2, 0.25) is 0 Å². The predicted molar refractivity (Wildman–Crippen MR) is 91.3 cm³/mol. The number of pyridine rings is 2. The van der Waals surface area contributed by atoms with Gasteiger partial charge in [-0.1, -0.05) is 6.07 Å². The van der Waals surface area contributed by atoms with Gasteiger partial charge in [0, 0.05) is 18.9 Å². The van der Waals surface area contributed by atoms with Crippen LogP contribution in [0.3, 0.4) is 0 Å². The van der Waals surface area contributed by atoms with E-state index in [-0.39, 0.29) is 5.91 Å². The van der Waals surface area contributed by atoms with Crippen LogP contribution in [0.15, 0.2) is 42.7 Å². The van der Waals surface area contributed by atoms with Crippen LogP contribution in [-0.4, -0.2) is 48.0 Å². The number of rotatable bonds is 8. The number of anilines is 1. The normalized spacial score (nSPS) is 10.6. The van der Waals surface area contributed by atoms with E-state index in [9.17, 15) is 4.79 Å². The molecule has 0 saturated heterocycles. The van der Waals surface area contributed by atoms with Gasteiger partial charge >= 0.3 is 0 Å². The zero-order valence-corrected chi connectivity index (χ0v) is 13.6. The predicted octanol–water partition coefficient (Wildman–Crippen LogP) is 1.77. The van der Waals surface area contributed by atoms with Crippen molar-refractivity contribution in [3.8, 4) is 0 Å². The molecule has 122 valence electrons. The van der Waals surface area contributed by atoms with E-state index in [1.165, 1.54) is 0 Å². The van der Waals surface area contributed by atoms with Crippen molar-refractivity contribution in [3.05, 3.63) is 54.0 Å². The number of aromatic nitrogens is 2. The maximum atomic E-state index is 12.0. The molecule has 0 unspecified atom stereocenters. The second kappa shape index (κ2) is 8.85. The van der Waals surface area contributed by atoms with Crippen LogP contribution in [0.4, 0.5) is 5.82 Å². The van der Waals surface area contributed by atoms with Crippen molar-refractivity contribution in [3.63, 3.8) is 0 Å². The van der Waals surface area contributed by atoms with Gasteiger partial charge in [0.25, 0.3) is 5.91 Å². The van der Waals surface area contributed by atoms with Crippen LogP contribution < -0.4 is 10.6 Å². The van der Waals surface area contributed by atoms with E-state index in [1.54, 1.807) is 24.5 Å². The number of amides is 1. The Kier molecular flexibility index (Phi) is 6.50. The number of hydrogen-bond acceptors (Lipinski definition) is 5. The van der Waals surface area contributed by atoms with Crippen LogP contribution >= 0.6 is 0 Å². The number of carbonyl (C=O) groups is 1. The molecule has 2 heterocycles. The molecule has 0 saturated carbocycles. The van der Waals surface area contributed by atoms with Crippen LogP contribution in [-0.2, 0) is 6.54 Å². The van der Waals surface area contributed by atoms with Crippen molar-refractivity contribution < 1.29 is 4.79 Å². The Morgan fingerprint density at radius 3 is 2.70 bits per heavy atom. The molecule has 6 nitrogen and oxygen atoms in total. The van der Waals surface area contributed by atoms with Crippen LogP contribution in [0.2, 0.25) is 0 Å². The van der Waals surface area contributed by atoms with Crippen molar-refractivity contribution in [2.75, 3.05) is 32.5 Å². The van der Waals surface area contributed by atoms with E-state index in [0.717, 1.165) is 24.5 Å². The van der Waals surface area contributed by atoms with E-state index in [0.29, 0.717) is 18.7 Å². The largest absolute Gasteiger partial charge is 0.364 e. The molecule has 0 spiro atoms. The van der Waals surface area contributed by atoms with Crippen LogP contribution in [0.25, 0.3) is 0 Å². The molecule has 6 heteroatoms. The maximum absolute atomic E-state index is 12.0. The zero-order valence-electron chi connectivity index (χ0n) is 13.6. The first kappa shape index (κ1) is 16.9. The fourth-order valence-electron chi connectivity index (χ4n) is 2.02. The standard InChI is InChI=1S/C17H23N5O/c1-22(2)11-5-10-19-17(23)14-7-8-16(20-12-14)21-13-15-6-3-4-9-18-15/h3-4,6-9,12H,5,10-11,13H2,1-2H3,(H,19,23)(H,20,21). The van der Waals surface area contributed by atoms with E-state index >= 15 is 0 Å². The van der Waals surface area contributed by atoms with Gasteiger partial charge in [-0.3, -0.25) is 9.78 Å². The summed E-state index contributed by atoms with van der Waals surface area (Å²) in [6.45, 7) is 2.22. The molecule has 2 aromatic heterocycles. The monoisotopic (exact) mass is 313 g/mol. The van der Waals surface area contributed by atoms with E-state index < -0.39 is 0 Å². The summed E-state index contributed by atoms with van der Waals surface area (Å²) in [6.07, 6.45) is 4.27. The van der Waals surface area contributed by atoms with Gasteiger partial charge < -0.3 is 15.5 Å². The Labute approximate surface area is 137 Å². The lowest BCUT2D eigenvalue weighted by Crippen LogP contribution is -2.27. The fraction of sp³-hybridized carbons (Fsp3) is 0.353. The van der Waals surface area contributed by atoms with Crippen molar-refractivity contribution >= 4 is 11.7 Å². The highest BCUT2D eigenvalue weighted by atomic mass is 16.1. The Bertz CT molecular complexity index is 598. The molecule has 1 amide bonds. The third-order valence-electron chi connectivity index (χ3n) is 3.27. The summed E-state index contributed by atoms with van der Waals surface area (Å²) in [5.41, 5.74) is 1.51. The molecule has 0 radical (unpaired) electrons. The Balaban J connectivity index is 1.78. The summed E-state index contributed by atoms with van der Waals surface area (Å²) in [5, 5.41) is 6.08.